The fourth-order valence-corrected chi connectivity index (χ4v) is 3.16. The van der Waals surface area contributed by atoms with E-state index >= 15 is 0 Å². The van der Waals surface area contributed by atoms with Crippen molar-refractivity contribution in [3.8, 4) is 0 Å². The van der Waals surface area contributed by atoms with Gasteiger partial charge in [0.2, 0.25) is 11.8 Å². The first-order chi connectivity index (χ1) is 13.3. The van der Waals surface area contributed by atoms with E-state index in [1.807, 2.05) is 13.8 Å². The summed E-state index contributed by atoms with van der Waals surface area (Å²) in [6, 6.07) is -1.64. The van der Waals surface area contributed by atoms with Crippen molar-refractivity contribution < 1.29 is 29.0 Å². The molecule has 1 rings (SSSR count). The highest BCUT2D eigenvalue weighted by Gasteiger charge is 2.32. The third-order valence-electron chi connectivity index (χ3n) is 4.60. The summed E-state index contributed by atoms with van der Waals surface area (Å²) in [7, 11) is 0. The zero-order valence-corrected chi connectivity index (χ0v) is 18.3. The average Bonchev–Trinajstić information content (AvgIpc) is 2.58. The van der Waals surface area contributed by atoms with E-state index in [1.165, 1.54) is 0 Å². The van der Waals surface area contributed by atoms with Crippen molar-refractivity contribution in [1.29, 1.82) is 0 Å². The average molecular weight is 414 g/mol. The molecule has 0 aliphatic carbocycles. The number of piperidine rings is 1. The van der Waals surface area contributed by atoms with Crippen LogP contribution in [-0.4, -0.2) is 64.7 Å². The Balaban J connectivity index is 2.52. The number of rotatable bonds is 7. The predicted octanol–water partition coefficient (Wildman–Crippen LogP) is 1.75. The number of likely N-dealkylation sites (tertiary alicyclic amines) is 1. The normalized spacial score (nSPS) is 17.4. The molecule has 3 N–H and O–H groups in total. The summed E-state index contributed by atoms with van der Waals surface area (Å²) >= 11 is 0. The number of hydrogen-bond donors (Lipinski definition) is 3. The number of carbonyl (C=O) groups is 4. The zero-order chi connectivity index (χ0) is 22.4. The molecule has 1 aliphatic heterocycles. The molecule has 2 atom stereocenters. The summed E-state index contributed by atoms with van der Waals surface area (Å²) in [4.78, 5) is 49.7. The van der Waals surface area contributed by atoms with E-state index < -0.39 is 29.7 Å². The van der Waals surface area contributed by atoms with Crippen LogP contribution in [0.25, 0.3) is 0 Å². The second kappa shape index (κ2) is 10.5. The van der Waals surface area contributed by atoms with E-state index in [2.05, 4.69) is 10.6 Å². The molecule has 0 aromatic carbocycles. The molecule has 1 saturated heterocycles. The first-order valence-electron chi connectivity index (χ1n) is 10.1. The second-order valence-corrected chi connectivity index (χ2v) is 9.00. The molecule has 0 radical (unpaired) electrons. The number of nitrogens with one attached hydrogen (secondary N) is 2. The van der Waals surface area contributed by atoms with Crippen molar-refractivity contribution in [2.75, 3.05) is 13.1 Å². The molecule has 0 unspecified atom stereocenters. The molecule has 3 amide bonds. The molecule has 0 saturated carbocycles. The van der Waals surface area contributed by atoms with Gasteiger partial charge in [-0.1, -0.05) is 13.8 Å². The maximum Gasteiger partial charge on any atom is 0.408 e. The van der Waals surface area contributed by atoms with Crippen LogP contribution in [-0.2, 0) is 19.1 Å². The summed E-state index contributed by atoms with van der Waals surface area (Å²) in [5.74, 6) is -1.75. The fraction of sp³-hybridized carbons (Fsp3) is 0.800. The van der Waals surface area contributed by atoms with Crippen LogP contribution in [0.3, 0.4) is 0 Å². The Morgan fingerprint density at radius 3 is 2.07 bits per heavy atom. The fourth-order valence-electron chi connectivity index (χ4n) is 3.16. The van der Waals surface area contributed by atoms with Crippen molar-refractivity contribution in [1.82, 2.24) is 15.5 Å². The molecule has 29 heavy (non-hydrogen) atoms. The number of aliphatic carboxylic acids is 1. The van der Waals surface area contributed by atoms with Gasteiger partial charge in [0, 0.05) is 19.0 Å². The summed E-state index contributed by atoms with van der Waals surface area (Å²) in [5, 5.41) is 14.4. The molecule has 1 heterocycles. The lowest BCUT2D eigenvalue weighted by Crippen LogP contribution is -2.52. The minimum Gasteiger partial charge on any atom is -0.480 e. The molecule has 1 aliphatic rings. The van der Waals surface area contributed by atoms with Gasteiger partial charge >= 0.3 is 12.1 Å². The smallest absolute Gasteiger partial charge is 0.408 e. The molecular formula is C20H35N3O6. The number of ether oxygens (including phenoxy) is 1. The SMILES string of the molecule is CC(C)C[C@H](NC(=O)C1CCN(C(=O)[C@H](C)NC(=O)OC(C)(C)C)CC1)C(=O)O. The van der Waals surface area contributed by atoms with Crippen LogP contribution in [0.15, 0.2) is 0 Å². The first-order valence-corrected chi connectivity index (χ1v) is 10.1. The van der Waals surface area contributed by atoms with Crippen molar-refractivity contribution in [2.24, 2.45) is 11.8 Å². The number of hydrogen-bond acceptors (Lipinski definition) is 5. The number of carboxylic acids is 1. The number of nitrogens with zero attached hydrogens (tertiary/aromatic N) is 1. The van der Waals surface area contributed by atoms with Crippen LogP contribution in [0.5, 0.6) is 0 Å². The van der Waals surface area contributed by atoms with Gasteiger partial charge in [0.15, 0.2) is 0 Å². The van der Waals surface area contributed by atoms with Crippen LogP contribution >= 0.6 is 0 Å². The third kappa shape index (κ3) is 8.70. The Kier molecular flexibility index (Phi) is 8.91. The molecule has 0 aromatic heterocycles. The van der Waals surface area contributed by atoms with Crippen molar-refractivity contribution in [3.05, 3.63) is 0 Å². The third-order valence-corrected chi connectivity index (χ3v) is 4.60. The maximum atomic E-state index is 12.5. The zero-order valence-electron chi connectivity index (χ0n) is 18.3. The van der Waals surface area contributed by atoms with Gasteiger partial charge < -0.3 is 25.4 Å². The van der Waals surface area contributed by atoms with Crippen LogP contribution in [0.4, 0.5) is 4.79 Å². The van der Waals surface area contributed by atoms with Crippen LogP contribution < -0.4 is 10.6 Å². The van der Waals surface area contributed by atoms with Crippen LogP contribution in [0.2, 0.25) is 0 Å². The molecular weight excluding hydrogens is 378 g/mol. The lowest BCUT2D eigenvalue weighted by atomic mass is 9.94. The lowest BCUT2D eigenvalue weighted by Gasteiger charge is -2.33. The summed E-state index contributed by atoms with van der Waals surface area (Å²) < 4.78 is 5.16. The van der Waals surface area contributed by atoms with Gasteiger partial charge in [-0.25, -0.2) is 9.59 Å². The number of amides is 3. The Morgan fingerprint density at radius 1 is 1.07 bits per heavy atom. The Hall–Kier alpha value is -2.32. The second-order valence-electron chi connectivity index (χ2n) is 9.00. The molecule has 166 valence electrons. The Morgan fingerprint density at radius 2 is 1.62 bits per heavy atom. The van der Waals surface area contributed by atoms with E-state index in [1.54, 1.807) is 32.6 Å². The van der Waals surface area contributed by atoms with Gasteiger partial charge in [0.25, 0.3) is 0 Å². The quantitative estimate of drug-likeness (QED) is 0.584. The molecule has 0 aromatic rings. The molecule has 1 fully saturated rings. The van der Waals surface area contributed by atoms with Crippen LogP contribution in [0.1, 0.15) is 60.8 Å². The highest BCUT2D eigenvalue weighted by Crippen LogP contribution is 2.19. The number of alkyl carbamates (subject to hydrolysis) is 1. The topological polar surface area (TPSA) is 125 Å². The lowest BCUT2D eigenvalue weighted by molar-refractivity contribution is -0.143. The minimum atomic E-state index is -1.04. The molecule has 9 heteroatoms. The molecule has 0 spiro atoms. The van der Waals surface area contributed by atoms with E-state index in [-0.39, 0.29) is 23.7 Å². The first kappa shape index (κ1) is 24.7. The summed E-state index contributed by atoms with van der Waals surface area (Å²) in [6.07, 6.45) is 0.611. The van der Waals surface area contributed by atoms with Crippen LogP contribution in [0, 0.1) is 11.8 Å². The van der Waals surface area contributed by atoms with Crippen molar-refractivity contribution in [2.45, 2.75) is 78.5 Å². The highest BCUT2D eigenvalue weighted by atomic mass is 16.6. The van der Waals surface area contributed by atoms with Gasteiger partial charge in [-0.05, 0) is 52.9 Å². The van der Waals surface area contributed by atoms with Gasteiger partial charge in [-0.15, -0.1) is 0 Å². The Bertz CT molecular complexity index is 606. The number of carboxylic acid groups (broad SMARTS) is 1. The van der Waals surface area contributed by atoms with E-state index in [0.717, 1.165) is 0 Å². The molecule has 9 nitrogen and oxygen atoms in total. The highest BCUT2D eigenvalue weighted by molar-refractivity contribution is 5.87. The standard InChI is InChI=1S/C20H35N3O6/c1-12(2)11-15(18(26)27)22-16(24)14-7-9-23(10-8-14)17(25)13(3)21-19(28)29-20(4,5)6/h12-15H,7-11H2,1-6H3,(H,21,28)(H,22,24)(H,26,27)/t13-,15-/m0/s1. The van der Waals surface area contributed by atoms with Crippen molar-refractivity contribution in [3.63, 3.8) is 0 Å². The molecule has 0 bridgehead atoms. The van der Waals surface area contributed by atoms with Gasteiger partial charge in [0.05, 0.1) is 0 Å². The van der Waals surface area contributed by atoms with Gasteiger partial charge in [-0.2, -0.15) is 0 Å². The monoisotopic (exact) mass is 413 g/mol. The number of carbonyl (C=O) groups excluding carboxylic acids is 3. The van der Waals surface area contributed by atoms with Crippen molar-refractivity contribution >= 4 is 23.9 Å². The summed E-state index contributed by atoms with van der Waals surface area (Å²) in [6.45, 7) is 11.4. The van der Waals surface area contributed by atoms with E-state index in [4.69, 9.17) is 4.74 Å². The van der Waals surface area contributed by atoms with E-state index in [9.17, 15) is 24.3 Å². The van der Waals surface area contributed by atoms with Gasteiger partial charge in [0.1, 0.15) is 17.7 Å². The predicted molar refractivity (Wildman–Crippen MR) is 107 cm³/mol. The largest absolute Gasteiger partial charge is 0.480 e. The Labute approximate surface area is 172 Å². The van der Waals surface area contributed by atoms with Gasteiger partial charge in [-0.3, -0.25) is 9.59 Å². The maximum absolute atomic E-state index is 12.5. The summed E-state index contributed by atoms with van der Waals surface area (Å²) in [5.41, 5.74) is -0.651. The minimum absolute atomic E-state index is 0.148. The van der Waals surface area contributed by atoms with E-state index in [0.29, 0.717) is 32.4 Å².